The Balaban J connectivity index is 1.26. The van der Waals surface area contributed by atoms with Crippen LogP contribution >= 0.6 is 11.3 Å². The van der Waals surface area contributed by atoms with Crippen LogP contribution in [0.15, 0.2) is 132 Å². The fourth-order valence-corrected chi connectivity index (χ4v) is 8.76. The number of pyridine rings is 3. The van der Waals surface area contributed by atoms with Gasteiger partial charge in [0.1, 0.15) is 11.1 Å². The number of nitrogens with zero attached hydrogens (tertiary/aromatic N) is 5. The van der Waals surface area contributed by atoms with Crippen LogP contribution in [0.4, 0.5) is 0 Å². The van der Waals surface area contributed by atoms with E-state index < -0.39 is 0 Å². The number of fused-ring (bicyclic) bond motifs is 14. The smallest absolute Gasteiger partial charge is 0.153 e. The van der Waals surface area contributed by atoms with Crippen molar-refractivity contribution in [2.45, 2.75) is 0 Å². The zero-order valence-electron chi connectivity index (χ0n) is 24.2. The second-order valence-corrected chi connectivity index (χ2v) is 12.7. The van der Waals surface area contributed by atoms with Gasteiger partial charge in [-0.25, -0.2) is 0 Å². The van der Waals surface area contributed by atoms with Gasteiger partial charge in [-0.1, -0.05) is 30.3 Å². The maximum absolute atomic E-state index is 6.10. The molecule has 7 aromatic heterocycles. The monoisotopic (exact) mass is 607 g/mol. The molecule has 0 aliphatic heterocycles. The second-order valence-electron chi connectivity index (χ2n) is 11.7. The van der Waals surface area contributed by atoms with Gasteiger partial charge in [0.15, 0.2) is 5.58 Å². The third-order valence-corrected chi connectivity index (χ3v) is 10.5. The molecule has 7 heteroatoms. The van der Waals surface area contributed by atoms with E-state index in [4.69, 9.17) is 14.4 Å². The van der Waals surface area contributed by atoms with Crippen molar-refractivity contribution in [3.63, 3.8) is 0 Å². The molecule has 0 saturated carbocycles. The molecule has 0 N–H and O–H groups in total. The van der Waals surface area contributed by atoms with Crippen molar-refractivity contribution < 1.29 is 4.42 Å². The number of hydrogen-bond acceptors (Lipinski definition) is 5. The van der Waals surface area contributed by atoms with Gasteiger partial charge in [0.2, 0.25) is 0 Å². The summed E-state index contributed by atoms with van der Waals surface area (Å²) in [5.74, 6) is 0. The van der Waals surface area contributed by atoms with E-state index >= 15 is 0 Å². The number of aromatic nitrogens is 5. The maximum atomic E-state index is 6.10. The van der Waals surface area contributed by atoms with Crippen molar-refractivity contribution in [3.8, 4) is 11.4 Å². The van der Waals surface area contributed by atoms with E-state index in [0.29, 0.717) is 0 Å². The fourth-order valence-electron chi connectivity index (χ4n) is 7.37. The summed E-state index contributed by atoms with van der Waals surface area (Å²) in [4.78, 5) is 14.5. The van der Waals surface area contributed by atoms with Crippen molar-refractivity contribution in [1.29, 1.82) is 0 Å². The van der Waals surface area contributed by atoms with Crippen LogP contribution in [0.25, 0.3) is 97.5 Å². The Morgan fingerprint density at radius 1 is 0.457 bits per heavy atom. The van der Waals surface area contributed by atoms with E-state index in [1.807, 2.05) is 60.3 Å². The summed E-state index contributed by atoms with van der Waals surface area (Å²) in [6, 6.07) is 38.2. The van der Waals surface area contributed by atoms with Crippen LogP contribution in [0.5, 0.6) is 0 Å². The average Bonchev–Trinajstić information content (AvgIpc) is 3.85. The molecule has 0 radical (unpaired) electrons. The van der Waals surface area contributed by atoms with Crippen molar-refractivity contribution in [1.82, 2.24) is 24.1 Å². The number of benzene rings is 4. The molecule has 7 heterocycles. The van der Waals surface area contributed by atoms with Gasteiger partial charge in [-0.15, -0.1) is 11.3 Å². The molecule has 6 nitrogen and oxygen atoms in total. The number of furan rings is 1. The summed E-state index contributed by atoms with van der Waals surface area (Å²) in [6.07, 6.45) is 5.61. The van der Waals surface area contributed by atoms with Crippen LogP contribution in [-0.2, 0) is 0 Å². The van der Waals surface area contributed by atoms with Gasteiger partial charge in [-0.3, -0.25) is 15.0 Å². The molecule has 0 aliphatic carbocycles. The van der Waals surface area contributed by atoms with E-state index in [-0.39, 0.29) is 0 Å². The molecule has 0 bridgehead atoms. The number of thiophene rings is 1. The van der Waals surface area contributed by atoms with Crippen LogP contribution in [0, 0.1) is 0 Å². The van der Waals surface area contributed by atoms with Crippen LogP contribution in [0.2, 0.25) is 0 Å². The molecular weight excluding hydrogens is 587 g/mol. The Kier molecular flexibility index (Phi) is 4.63. The summed E-state index contributed by atoms with van der Waals surface area (Å²) < 4.78 is 13.2. The zero-order valence-corrected chi connectivity index (χ0v) is 25.0. The molecule has 0 atom stereocenters. The van der Waals surface area contributed by atoms with E-state index in [2.05, 4.69) is 93.0 Å². The third-order valence-electron chi connectivity index (χ3n) is 9.26. The Labute approximate surface area is 264 Å². The standard InChI is InChI=1S/C39H21N5OS/c1-2-7-22(8-3-1)43-27-15-13-24-25-14-16-28-34(39(25)46-38(24)33(27)36-29(43)9-4-18-41-36)37-30(10-5-19-42-37)44(28)23-12-17-31-26(21-23)35-32(45-31)11-6-20-40-35/h1-21H. The molecule has 0 amide bonds. The summed E-state index contributed by atoms with van der Waals surface area (Å²) in [5, 5.41) is 5.82. The average molecular weight is 608 g/mol. The first kappa shape index (κ1) is 24.3. The van der Waals surface area contributed by atoms with Crippen LogP contribution in [0.3, 0.4) is 0 Å². The molecule has 214 valence electrons. The van der Waals surface area contributed by atoms with Gasteiger partial charge in [0, 0.05) is 66.3 Å². The summed E-state index contributed by atoms with van der Waals surface area (Å²) in [5.41, 5.74) is 11.1. The minimum Gasteiger partial charge on any atom is -0.454 e. The van der Waals surface area contributed by atoms with Crippen molar-refractivity contribution in [2.24, 2.45) is 0 Å². The quantitative estimate of drug-likeness (QED) is 0.196. The van der Waals surface area contributed by atoms with Crippen LogP contribution in [-0.4, -0.2) is 24.1 Å². The summed E-state index contributed by atoms with van der Waals surface area (Å²) in [6.45, 7) is 0. The molecule has 0 fully saturated rings. The first-order valence-electron chi connectivity index (χ1n) is 15.2. The highest BCUT2D eigenvalue weighted by Gasteiger charge is 2.22. The molecule has 4 aromatic carbocycles. The molecule has 11 aromatic rings. The van der Waals surface area contributed by atoms with Crippen LogP contribution < -0.4 is 0 Å². The van der Waals surface area contributed by atoms with E-state index in [0.717, 1.165) is 71.9 Å². The Morgan fingerprint density at radius 2 is 1.07 bits per heavy atom. The van der Waals surface area contributed by atoms with Crippen molar-refractivity contribution >= 4 is 97.5 Å². The fraction of sp³-hybridized carbons (Fsp3) is 0. The number of rotatable bonds is 2. The number of para-hydroxylation sites is 1. The first-order chi connectivity index (χ1) is 22.8. The van der Waals surface area contributed by atoms with E-state index in [1.54, 1.807) is 0 Å². The predicted molar refractivity (Wildman–Crippen MR) is 189 cm³/mol. The largest absolute Gasteiger partial charge is 0.454 e. The lowest BCUT2D eigenvalue weighted by atomic mass is 10.1. The topological polar surface area (TPSA) is 61.7 Å². The molecule has 11 rings (SSSR count). The van der Waals surface area contributed by atoms with Crippen molar-refractivity contribution in [3.05, 3.63) is 128 Å². The minimum absolute atomic E-state index is 0.792. The molecule has 0 unspecified atom stereocenters. The molecule has 46 heavy (non-hydrogen) atoms. The Hall–Kier alpha value is -6.05. The lowest BCUT2D eigenvalue weighted by Crippen LogP contribution is -1.93. The zero-order chi connectivity index (χ0) is 29.9. The summed E-state index contributed by atoms with van der Waals surface area (Å²) in [7, 11) is 0. The summed E-state index contributed by atoms with van der Waals surface area (Å²) >= 11 is 1.84. The second kappa shape index (κ2) is 8.78. The SMILES string of the molecule is c1ccc(-n2c3cccnc3c3c4sc5c(ccc6c5c5ncccc5n6-c5ccc6oc7cccnc7c6c5)c4ccc32)cc1. The normalized spacial score (nSPS) is 12.3. The highest BCUT2D eigenvalue weighted by Crippen LogP contribution is 2.47. The maximum Gasteiger partial charge on any atom is 0.153 e. The molecule has 0 saturated heterocycles. The van der Waals surface area contributed by atoms with Crippen molar-refractivity contribution in [2.75, 3.05) is 0 Å². The highest BCUT2D eigenvalue weighted by atomic mass is 32.1. The van der Waals surface area contributed by atoms with Crippen LogP contribution in [0.1, 0.15) is 0 Å². The molecule has 0 spiro atoms. The van der Waals surface area contributed by atoms with Gasteiger partial charge in [-0.2, -0.15) is 0 Å². The highest BCUT2D eigenvalue weighted by molar-refractivity contribution is 7.27. The molecule has 0 aliphatic rings. The van der Waals surface area contributed by atoms with Gasteiger partial charge in [0.25, 0.3) is 0 Å². The Bertz CT molecular complexity index is 3040. The number of hydrogen-bond donors (Lipinski definition) is 0. The molecular formula is C39H21N5OS. The van der Waals surface area contributed by atoms with Gasteiger partial charge >= 0.3 is 0 Å². The van der Waals surface area contributed by atoms with Gasteiger partial charge in [-0.05, 0) is 78.9 Å². The van der Waals surface area contributed by atoms with E-state index in [9.17, 15) is 0 Å². The third kappa shape index (κ3) is 3.07. The Morgan fingerprint density at radius 3 is 1.74 bits per heavy atom. The lowest BCUT2D eigenvalue weighted by molar-refractivity contribution is 0.668. The first-order valence-corrected chi connectivity index (χ1v) is 16.0. The predicted octanol–water partition coefficient (Wildman–Crippen LogP) is 10.3. The van der Waals surface area contributed by atoms with Gasteiger partial charge < -0.3 is 13.6 Å². The lowest BCUT2D eigenvalue weighted by Gasteiger charge is -2.08. The van der Waals surface area contributed by atoms with E-state index in [1.165, 1.54) is 25.6 Å². The van der Waals surface area contributed by atoms with Gasteiger partial charge in [0.05, 0.1) is 33.1 Å². The minimum atomic E-state index is 0.792.